The average Bonchev–Trinajstić information content (AvgIpc) is 2.27. The summed E-state index contributed by atoms with van der Waals surface area (Å²) in [4.78, 5) is 2.44. The van der Waals surface area contributed by atoms with Gasteiger partial charge >= 0.3 is 0 Å². The SMILES string of the molecule is Cc1cccc(N2CCC(C#N)CC2(C)C)c1. The quantitative estimate of drug-likeness (QED) is 0.735. The topological polar surface area (TPSA) is 27.0 Å². The molecule has 1 atom stereocenters. The lowest BCUT2D eigenvalue weighted by Gasteiger charge is -2.45. The molecular weight excluding hydrogens is 208 g/mol. The van der Waals surface area contributed by atoms with Crippen molar-refractivity contribution in [1.29, 1.82) is 5.26 Å². The molecule has 2 rings (SSSR count). The van der Waals surface area contributed by atoms with E-state index < -0.39 is 0 Å². The van der Waals surface area contributed by atoms with Crippen molar-refractivity contribution in [2.24, 2.45) is 5.92 Å². The van der Waals surface area contributed by atoms with Gasteiger partial charge in [-0.3, -0.25) is 0 Å². The summed E-state index contributed by atoms with van der Waals surface area (Å²) in [6.07, 6.45) is 1.94. The van der Waals surface area contributed by atoms with Gasteiger partial charge in [0.25, 0.3) is 0 Å². The van der Waals surface area contributed by atoms with Crippen LogP contribution in [-0.2, 0) is 0 Å². The summed E-state index contributed by atoms with van der Waals surface area (Å²) < 4.78 is 0. The number of nitriles is 1. The van der Waals surface area contributed by atoms with Crippen LogP contribution in [0.3, 0.4) is 0 Å². The number of benzene rings is 1. The van der Waals surface area contributed by atoms with Crippen molar-refractivity contribution in [3.05, 3.63) is 29.8 Å². The minimum atomic E-state index is 0.0758. The van der Waals surface area contributed by atoms with E-state index in [9.17, 15) is 0 Å². The van der Waals surface area contributed by atoms with Crippen LogP contribution in [0.1, 0.15) is 32.3 Å². The molecule has 90 valence electrons. The minimum Gasteiger partial charge on any atom is -0.366 e. The first-order valence-electron chi connectivity index (χ1n) is 6.27. The van der Waals surface area contributed by atoms with E-state index >= 15 is 0 Å². The second-order valence-corrected chi connectivity index (χ2v) is 5.62. The number of rotatable bonds is 1. The highest BCUT2D eigenvalue weighted by atomic mass is 15.2. The Kier molecular flexibility index (Phi) is 3.11. The van der Waals surface area contributed by atoms with Crippen LogP contribution in [0.5, 0.6) is 0 Å². The van der Waals surface area contributed by atoms with E-state index in [0.29, 0.717) is 0 Å². The minimum absolute atomic E-state index is 0.0758. The van der Waals surface area contributed by atoms with Crippen molar-refractivity contribution in [2.75, 3.05) is 11.4 Å². The molecule has 0 N–H and O–H groups in total. The van der Waals surface area contributed by atoms with Crippen molar-refractivity contribution in [1.82, 2.24) is 0 Å². The molecule has 1 fully saturated rings. The van der Waals surface area contributed by atoms with Gasteiger partial charge < -0.3 is 4.90 Å². The Morgan fingerprint density at radius 2 is 2.18 bits per heavy atom. The maximum Gasteiger partial charge on any atom is 0.0657 e. The normalized spacial score (nSPS) is 23.2. The molecule has 0 aliphatic carbocycles. The summed E-state index contributed by atoms with van der Waals surface area (Å²) in [5.41, 5.74) is 2.65. The Labute approximate surface area is 104 Å². The Morgan fingerprint density at radius 3 is 2.76 bits per heavy atom. The van der Waals surface area contributed by atoms with E-state index in [0.717, 1.165) is 19.4 Å². The van der Waals surface area contributed by atoms with Crippen LogP contribution in [-0.4, -0.2) is 12.1 Å². The van der Waals surface area contributed by atoms with Crippen molar-refractivity contribution in [2.45, 2.75) is 39.2 Å². The molecule has 0 bridgehead atoms. The third-order valence-corrected chi connectivity index (χ3v) is 3.67. The zero-order valence-corrected chi connectivity index (χ0v) is 10.9. The van der Waals surface area contributed by atoms with Crippen LogP contribution in [0.25, 0.3) is 0 Å². The van der Waals surface area contributed by atoms with E-state index in [1.165, 1.54) is 11.3 Å². The molecule has 0 saturated carbocycles. The predicted octanol–water partition coefficient (Wildman–Crippen LogP) is 3.51. The van der Waals surface area contributed by atoms with E-state index in [2.05, 4.69) is 56.0 Å². The molecule has 1 heterocycles. The molecule has 1 aromatic rings. The molecule has 0 amide bonds. The number of piperidine rings is 1. The highest BCUT2D eigenvalue weighted by molar-refractivity contribution is 5.51. The molecule has 0 aromatic heterocycles. The van der Waals surface area contributed by atoms with E-state index in [1.54, 1.807) is 0 Å². The molecule has 2 heteroatoms. The number of hydrogen-bond acceptors (Lipinski definition) is 2. The van der Waals surface area contributed by atoms with Crippen LogP contribution >= 0.6 is 0 Å². The van der Waals surface area contributed by atoms with Crippen LogP contribution in [0, 0.1) is 24.2 Å². The van der Waals surface area contributed by atoms with Crippen LogP contribution < -0.4 is 4.90 Å². The van der Waals surface area contributed by atoms with Gasteiger partial charge in [0.05, 0.1) is 12.0 Å². The van der Waals surface area contributed by atoms with Crippen LogP contribution in [0.15, 0.2) is 24.3 Å². The Hall–Kier alpha value is -1.49. The number of anilines is 1. The van der Waals surface area contributed by atoms with Crippen molar-refractivity contribution >= 4 is 5.69 Å². The Morgan fingerprint density at radius 1 is 1.41 bits per heavy atom. The third-order valence-electron chi connectivity index (χ3n) is 3.67. The summed E-state index contributed by atoms with van der Waals surface area (Å²) in [7, 11) is 0. The first kappa shape index (κ1) is 12.0. The fourth-order valence-electron chi connectivity index (χ4n) is 2.79. The Bertz CT molecular complexity index is 442. The zero-order chi connectivity index (χ0) is 12.5. The predicted molar refractivity (Wildman–Crippen MR) is 70.9 cm³/mol. The van der Waals surface area contributed by atoms with Crippen LogP contribution in [0.4, 0.5) is 5.69 Å². The molecule has 17 heavy (non-hydrogen) atoms. The molecule has 1 unspecified atom stereocenters. The van der Waals surface area contributed by atoms with Gasteiger partial charge in [-0.15, -0.1) is 0 Å². The maximum atomic E-state index is 9.06. The summed E-state index contributed by atoms with van der Waals surface area (Å²) in [6.45, 7) is 7.57. The van der Waals surface area contributed by atoms with Gasteiger partial charge in [0.15, 0.2) is 0 Å². The largest absolute Gasteiger partial charge is 0.366 e. The smallest absolute Gasteiger partial charge is 0.0657 e. The molecule has 0 radical (unpaired) electrons. The summed E-state index contributed by atoms with van der Waals surface area (Å²) >= 11 is 0. The fraction of sp³-hybridized carbons (Fsp3) is 0.533. The standard InChI is InChI=1S/C15H20N2/c1-12-5-4-6-14(9-12)17-8-7-13(11-16)10-15(17,2)3/h4-6,9,13H,7-8,10H2,1-3H3. The molecule has 1 aliphatic rings. The highest BCUT2D eigenvalue weighted by Gasteiger charge is 2.34. The van der Waals surface area contributed by atoms with E-state index in [-0.39, 0.29) is 11.5 Å². The average molecular weight is 228 g/mol. The van der Waals surface area contributed by atoms with E-state index in [1.807, 2.05) is 0 Å². The number of hydrogen-bond donors (Lipinski definition) is 0. The molecule has 1 aliphatic heterocycles. The third kappa shape index (κ3) is 2.44. The molecular formula is C15H20N2. The molecule has 0 spiro atoms. The molecule has 1 aromatic carbocycles. The van der Waals surface area contributed by atoms with Crippen molar-refractivity contribution < 1.29 is 0 Å². The zero-order valence-electron chi connectivity index (χ0n) is 10.9. The Balaban J connectivity index is 2.25. The van der Waals surface area contributed by atoms with Gasteiger partial charge in [-0.2, -0.15) is 5.26 Å². The van der Waals surface area contributed by atoms with Gasteiger partial charge in [0.1, 0.15) is 0 Å². The first-order chi connectivity index (χ1) is 8.03. The lowest BCUT2D eigenvalue weighted by Crippen LogP contribution is -2.50. The van der Waals surface area contributed by atoms with Crippen molar-refractivity contribution in [3.63, 3.8) is 0 Å². The number of nitrogens with zero attached hydrogens (tertiary/aromatic N) is 2. The fourth-order valence-corrected chi connectivity index (χ4v) is 2.79. The van der Waals surface area contributed by atoms with Gasteiger partial charge in [0, 0.05) is 17.8 Å². The summed E-state index contributed by atoms with van der Waals surface area (Å²) in [5.74, 6) is 0.214. The number of aryl methyl sites for hydroxylation is 1. The first-order valence-corrected chi connectivity index (χ1v) is 6.27. The summed E-state index contributed by atoms with van der Waals surface area (Å²) in [5, 5.41) is 9.06. The van der Waals surface area contributed by atoms with E-state index in [4.69, 9.17) is 5.26 Å². The van der Waals surface area contributed by atoms with Gasteiger partial charge in [-0.05, 0) is 51.3 Å². The summed E-state index contributed by atoms with van der Waals surface area (Å²) in [6, 6.07) is 11.0. The second kappa shape index (κ2) is 4.41. The molecule has 1 saturated heterocycles. The lowest BCUT2D eigenvalue weighted by atomic mass is 9.83. The van der Waals surface area contributed by atoms with Gasteiger partial charge in [-0.25, -0.2) is 0 Å². The molecule has 2 nitrogen and oxygen atoms in total. The lowest BCUT2D eigenvalue weighted by molar-refractivity contribution is 0.315. The van der Waals surface area contributed by atoms with Gasteiger partial charge in [0.2, 0.25) is 0 Å². The van der Waals surface area contributed by atoms with Crippen molar-refractivity contribution in [3.8, 4) is 6.07 Å². The monoisotopic (exact) mass is 228 g/mol. The second-order valence-electron chi connectivity index (χ2n) is 5.62. The maximum absolute atomic E-state index is 9.06. The van der Waals surface area contributed by atoms with Crippen LogP contribution in [0.2, 0.25) is 0 Å². The highest BCUT2D eigenvalue weighted by Crippen LogP contribution is 2.35. The van der Waals surface area contributed by atoms with Gasteiger partial charge in [-0.1, -0.05) is 12.1 Å².